The van der Waals surface area contributed by atoms with Gasteiger partial charge in [-0.05, 0) is 32.1 Å². The van der Waals surface area contributed by atoms with Gasteiger partial charge in [-0.25, -0.2) is 0 Å². The Hall–Kier alpha value is -0.0800. The van der Waals surface area contributed by atoms with E-state index in [0.717, 1.165) is 25.9 Å². The molecule has 6 heteroatoms. The van der Waals surface area contributed by atoms with E-state index in [9.17, 15) is 0 Å². The van der Waals surface area contributed by atoms with E-state index < -0.39 is 0 Å². The SMILES string of the molecule is I.NC(=NCC1COC2(CCCCC2)O1)N1CCCCC1. The zero-order valence-electron chi connectivity index (χ0n) is 12.8. The van der Waals surface area contributed by atoms with Gasteiger partial charge in [-0.3, -0.25) is 4.99 Å². The number of aliphatic imine (C=N–C) groups is 1. The predicted octanol–water partition coefficient (Wildman–Crippen LogP) is 2.48. The average Bonchev–Trinajstić information content (AvgIpc) is 2.89. The molecule has 0 aromatic rings. The molecule has 0 aromatic carbocycles. The third-order valence-corrected chi connectivity index (χ3v) is 4.67. The van der Waals surface area contributed by atoms with Gasteiger partial charge in [0.25, 0.3) is 0 Å². The number of nitrogens with two attached hydrogens (primary N) is 1. The van der Waals surface area contributed by atoms with Crippen molar-refractivity contribution in [2.45, 2.75) is 63.3 Å². The van der Waals surface area contributed by atoms with Crippen molar-refractivity contribution in [2.24, 2.45) is 10.7 Å². The number of rotatable bonds is 2. The zero-order valence-corrected chi connectivity index (χ0v) is 15.1. The first-order chi connectivity index (χ1) is 9.77. The summed E-state index contributed by atoms with van der Waals surface area (Å²) >= 11 is 0. The highest BCUT2D eigenvalue weighted by atomic mass is 127. The normalized spacial score (nSPS) is 29.4. The highest BCUT2D eigenvalue weighted by Gasteiger charge is 2.42. The Morgan fingerprint density at radius 3 is 2.48 bits per heavy atom. The van der Waals surface area contributed by atoms with Crippen molar-refractivity contribution in [1.82, 2.24) is 4.90 Å². The molecular weight excluding hydrogens is 381 g/mol. The zero-order chi connectivity index (χ0) is 13.8. The smallest absolute Gasteiger partial charge is 0.191 e. The minimum absolute atomic E-state index is 0. The third-order valence-electron chi connectivity index (χ3n) is 4.67. The van der Waals surface area contributed by atoms with Crippen LogP contribution in [0.5, 0.6) is 0 Å². The number of likely N-dealkylation sites (tertiary alicyclic amines) is 1. The van der Waals surface area contributed by atoms with Crippen LogP contribution in [0.25, 0.3) is 0 Å². The lowest BCUT2D eigenvalue weighted by Crippen LogP contribution is -2.41. The third kappa shape index (κ3) is 4.45. The van der Waals surface area contributed by atoms with Crippen LogP contribution in [0.15, 0.2) is 4.99 Å². The van der Waals surface area contributed by atoms with Crippen molar-refractivity contribution in [3.8, 4) is 0 Å². The Balaban J connectivity index is 0.00000161. The quantitative estimate of drug-likeness (QED) is 0.433. The summed E-state index contributed by atoms with van der Waals surface area (Å²) in [6.07, 6.45) is 9.65. The largest absolute Gasteiger partial charge is 0.370 e. The van der Waals surface area contributed by atoms with Gasteiger partial charge in [0.15, 0.2) is 11.7 Å². The highest BCUT2D eigenvalue weighted by Crippen LogP contribution is 2.37. The van der Waals surface area contributed by atoms with Crippen LogP contribution in [0.2, 0.25) is 0 Å². The fraction of sp³-hybridized carbons (Fsp3) is 0.933. The van der Waals surface area contributed by atoms with E-state index in [0.29, 0.717) is 19.1 Å². The first-order valence-corrected chi connectivity index (χ1v) is 8.14. The number of guanidine groups is 1. The topological polar surface area (TPSA) is 60.1 Å². The minimum Gasteiger partial charge on any atom is -0.370 e. The molecule has 0 aromatic heterocycles. The number of ether oxygens (including phenoxy) is 2. The lowest BCUT2D eigenvalue weighted by molar-refractivity contribution is -0.186. The van der Waals surface area contributed by atoms with Gasteiger partial charge in [-0.15, -0.1) is 24.0 Å². The molecule has 1 saturated carbocycles. The van der Waals surface area contributed by atoms with Crippen LogP contribution in [-0.2, 0) is 9.47 Å². The molecule has 0 bridgehead atoms. The lowest BCUT2D eigenvalue weighted by atomic mass is 9.94. The molecule has 1 aliphatic carbocycles. The Labute approximate surface area is 144 Å². The fourth-order valence-corrected chi connectivity index (χ4v) is 3.48. The Morgan fingerprint density at radius 1 is 1.10 bits per heavy atom. The first-order valence-electron chi connectivity index (χ1n) is 8.14. The molecule has 1 spiro atoms. The maximum absolute atomic E-state index is 6.12. The lowest BCUT2D eigenvalue weighted by Gasteiger charge is -2.31. The van der Waals surface area contributed by atoms with Gasteiger partial charge in [-0.2, -0.15) is 0 Å². The number of hydrogen-bond acceptors (Lipinski definition) is 3. The van der Waals surface area contributed by atoms with Gasteiger partial charge >= 0.3 is 0 Å². The molecule has 3 aliphatic rings. The maximum atomic E-state index is 6.12. The predicted molar refractivity (Wildman–Crippen MR) is 94.0 cm³/mol. The summed E-state index contributed by atoms with van der Waals surface area (Å²) < 4.78 is 12.1. The Kier molecular flexibility index (Phi) is 6.55. The van der Waals surface area contributed by atoms with Crippen molar-refractivity contribution < 1.29 is 9.47 Å². The van der Waals surface area contributed by atoms with Gasteiger partial charge in [0, 0.05) is 25.9 Å². The maximum Gasteiger partial charge on any atom is 0.191 e. The van der Waals surface area contributed by atoms with Crippen LogP contribution in [0.4, 0.5) is 0 Å². The molecule has 2 heterocycles. The highest BCUT2D eigenvalue weighted by molar-refractivity contribution is 14.0. The van der Waals surface area contributed by atoms with Crippen LogP contribution < -0.4 is 5.73 Å². The number of piperidine rings is 1. The second-order valence-electron chi connectivity index (χ2n) is 6.27. The van der Waals surface area contributed by atoms with Crippen LogP contribution in [-0.4, -0.2) is 49.0 Å². The summed E-state index contributed by atoms with van der Waals surface area (Å²) in [5, 5.41) is 0. The molecule has 1 unspecified atom stereocenters. The molecule has 2 aliphatic heterocycles. The van der Waals surface area contributed by atoms with Crippen LogP contribution >= 0.6 is 24.0 Å². The monoisotopic (exact) mass is 409 g/mol. The second kappa shape index (κ2) is 7.97. The number of hydrogen-bond donors (Lipinski definition) is 1. The van der Waals surface area contributed by atoms with Gasteiger partial charge < -0.3 is 20.1 Å². The summed E-state index contributed by atoms with van der Waals surface area (Å²) in [4.78, 5) is 6.71. The van der Waals surface area contributed by atoms with Crippen molar-refractivity contribution in [2.75, 3.05) is 26.2 Å². The van der Waals surface area contributed by atoms with E-state index in [4.69, 9.17) is 15.2 Å². The van der Waals surface area contributed by atoms with Crippen molar-refractivity contribution in [1.29, 1.82) is 0 Å². The van der Waals surface area contributed by atoms with E-state index >= 15 is 0 Å². The van der Waals surface area contributed by atoms with Crippen LogP contribution in [0.1, 0.15) is 51.4 Å². The van der Waals surface area contributed by atoms with E-state index in [-0.39, 0.29) is 35.9 Å². The standard InChI is InChI=1S/C15H27N3O2.HI/c16-14(18-9-5-2-6-10-18)17-11-13-12-19-15(20-13)7-3-1-4-8-15;/h13H,1-12H2,(H2,16,17);1H. The first kappa shape index (κ1) is 17.3. The molecule has 3 fully saturated rings. The molecule has 122 valence electrons. The van der Waals surface area contributed by atoms with Gasteiger partial charge in [0.05, 0.1) is 13.2 Å². The molecule has 3 rings (SSSR count). The molecule has 2 saturated heterocycles. The summed E-state index contributed by atoms with van der Waals surface area (Å²) in [6.45, 7) is 3.38. The van der Waals surface area contributed by atoms with E-state index in [1.165, 1.54) is 38.5 Å². The molecule has 0 radical (unpaired) electrons. The van der Waals surface area contributed by atoms with E-state index in [2.05, 4.69) is 9.89 Å². The summed E-state index contributed by atoms with van der Waals surface area (Å²) in [6, 6.07) is 0. The Morgan fingerprint density at radius 2 is 1.76 bits per heavy atom. The van der Waals surface area contributed by atoms with Crippen LogP contribution in [0.3, 0.4) is 0 Å². The molecule has 5 nitrogen and oxygen atoms in total. The second-order valence-corrected chi connectivity index (χ2v) is 6.27. The molecule has 21 heavy (non-hydrogen) atoms. The van der Waals surface area contributed by atoms with Crippen molar-refractivity contribution in [3.05, 3.63) is 0 Å². The Bertz CT molecular complexity index is 353. The number of halogens is 1. The van der Waals surface area contributed by atoms with Crippen LogP contribution in [0, 0.1) is 0 Å². The van der Waals surface area contributed by atoms with Crippen molar-refractivity contribution in [3.63, 3.8) is 0 Å². The molecule has 1 atom stereocenters. The van der Waals surface area contributed by atoms with Gasteiger partial charge in [-0.1, -0.05) is 6.42 Å². The van der Waals surface area contributed by atoms with E-state index in [1.54, 1.807) is 0 Å². The molecule has 2 N–H and O–H groups in total. The van der Waals surface area contributed by atoms with E-state index in [1.807, 2.05) is 0 Å². The van der Waals surface area contributed by atoms with Gasteiger partial charge in [0.2, 0.25) is 0 Å². The summed E-state index contributed by atoms with van der Waals surface area (Å²) in [5.74, 6) is 0.385. The fourth-order valence-electron chi connectivity index (χ4n) is 3.48. The minimum atomic E-state index is -0.293. The summed E-state index contributed by atoms with van der Waals surface area (Å²) in [7, 11) is 0. The molecular formula is C15H28IN3O2. The summed E-state index contributed by atoms with van der Waals surface area (Å²) in [5.41, 5.74) is 6.08. The van der Waals surface area contributed by atoms with Crippen molar-refractivity contribution >= 4 is 29.9 Å². The number of nitrogens with zero attached hydrogens (tertiary/aromatic N) is 2. The van der Waals surface area contributed by atoms with Gasteiger partial charge in [0.1, 0.15) is 6.10 Å². The average molecular weight is 409 g/mol. The molecule has 0 amide bonds.